The molecule has 1 aliphatic rings. The summed E-state index contributed by atoms with van der Waals surface area (Å²) in [5, 5.41) is 9.87. The van der Waals surface area contributed by atoms with E-state index < -0.39 is 0 Å². The van der Waals surface area contributed by atoms with E-state index in [-0.39, 0.29) is 0 Å². The SMILES string of the molecule is CC1CC=Cc2c1c1ccccc1n2-c1ccc(N(c2ccccc2)c2ccc(-c3ccc(-c4nnc(-c5ccccc5)o4)cc3)cc2)cc1. The van der Waals surface area contributed by atoms with Crippen molar-refractivity contribution in [3.05, 3.63) is 175 Å². The van der Waals surface area contributed by atoms with E-state index in [0.29, 0.717) is 17.7 Å². The minimum absolute atomic E-state index is 0.494. The van der Waals surface area contributed by atoms with E-state index in [1.54, 1.807) is 0 Å². The fraction of sp³-hybridized carbons (Fsp3) is 0.0667. The summed E-state index contributed by atoms with van der Waals surface area (Å²) < 4.78 is 8.38. The van der Waals surface area contributed by atoms with Crippen LogP contribution in [0.25, 0.3) is 56.7 Å². The third-order valence-electron chi connectivity index (χ3n) is 9.63. The summed E-state index contributed by atoms with van der Waals surface area (Å²) in [4.78, 5) is 2.31. The van der Waals surface area contributed by atoms with Gasteiger partial charge in [0.15, 0.2) is 0 Å². The Morgan fingerprint density at radius 3 is 1.76 bits per heavy atom. The summed E-state index contributed by atoms with van der Waals surface area (Å²) in [6.45, 7) is 2.33. The van der Waals surface area contributed by atoms with E-state index in [9.17, 15) is 0 Å². The average Bonchev–Trinajstić information content (AvgIpc) is 3.81. The van der Waals surface area contributed by atoms with Gasteiger partial charge < -0.3 is 13.9 Å². The molecule has 0 spiro atoms. The maximum absolute atomic E-state index is 5.97. The third kappa shape index (κ3) is 5.30. The van der Waals surface area contributed by atoms with Crippen LogP contribution in [-0.2, 0) is 0 Å². The number of aromatic nitrogens is 3. The van der Waals surface area contributed by atoms with Crippen molar-refractivity contribution in [3.63, 3.8) is 0 Å². The molecule has 0 saturated heterocycles. The number of hydrogen-bond acceptors (Lipinski definition) is 4. The second-order valence-corrected chi connectivity index (χ2v) is 12.8. The number of nitrogens with zero attached hydrogens (tertiary/aromatic N) is 4. The van der Waals surface area contributed by atoms with Crippen LogP contribution in [-0.4, -0.2) is 14.8 Å². The van der Waals surface area contributed by atoms with Gasteiger partial charge in [-0.15, -0.1) is 10.2 Å². The molecule has 2 heterocycles. The fourth-order valence-electron chi connectivity index (χ4n) is 7.17. The van der Waals surface area contributed by atoms with Crippen molar-refractivity contribution in [1.82, 2.24) is 14.8 Å². The summed E-state index contributed by atoms with van der Waals surface area (Å²) in [6.07, 6.45) is 5.68. The number of anilines is 3. The van der Waals surface area contributed by atoms with Crippen LogP contribution in [0.2, 0.25) is 0 Å². The molecule has 5 nitrogen and oxygen atoms in total. The summed E-state index contributed by atoms with van der Waals surface area (Å²) in [7, 11) is 0. The second kappa shape index (κ2) is 12.5. The average molecular weight is 647 g/mol. The molecule has 0 saturated carbocycles. The second-order valence-electron chi connectivity index (χ2n) is 12.8. The molecular formula is C45H34N4O. The van der Waals surface area contributed by atoms with E-state index in [1.807, 2.05) is 42.5 Å². The van der Waals surface area contributed by atoms with E-state index in [4.69, 9.17) is 4.42 Å². The molecule has 0 bridgehead atoms. The maximum Gasteiger partial charge on any atom is 0.248 e. The number of rotatable bonds is 7. The molecule has 50 heavy (non-hydrogen) atoms. The molecule has 0 N–H and O–H groups in total. The molecule has 1 atom stereocenters. The lowest BCUT2D eigenvalue weighted by molar-refractivity contribution is 0.584. The molecule has 1 unspecified atom stereocenters. The Kier molecular flexibility index (Phi) is 7.43. The largest absolute Gasteiger partial charge is 0.416 e. The van der Waals surface area contributed by atoms with Crippen molar-refractivity contribution in [2.24, 2.45) is 0 Å². The zero-order valence-corrected chi connectivity index (χ0v) is 27.6. The predicted octanol–water partition coefficient (Wildman–Crippen LogP) is 12.0. The summed E-state index contributed by atoms with van der Waals surface area (Å²) in [5.41, 5.74) is 12.5. The van der Waals surface area contributed by atoms with Crippen LogP contribution in [0.1, 0.15) is 30.5 Å². The fourth-order valence-corrected chi connectivity index (χ4v) is 7.17. The minimum atomic E-state index is 0.494. The molecule has 240 valence electrons. The highest BCUT2D eigenvalue weighted by Crippen LogP contribution is 2.41. The van der Waals surface area contributed by atoms with Crippen LogP contribution >= 0.6 is 0 Å². The van der Waals surface area contributed by atoms with Crippen molar-refractivity contribution in [2.75, 3.05) is 4.90 Å². The lowest BCUT2D eigenvalue weighted by atomic mass is 9.91. The summed E-state index contributed by atoms with van der Waals surface area (Å²) >= 11 is 0. The lowest BCUT2D eigenvalue weighted by Crippen LogP contribution is -2.10. The van der Waals surface area contributed by atoms with Crippen LogP contribution in [0.3, 0.4) is 0 Å². The van der Waals surface area contributed by atoms with Crippen LogP contribution in [0.15, 0.2) is 168 Å². The highest BCUT2D eigenvalue weighted by molar-refractivity contribution is 5.91. The first-order chi connectivity index (χ1) is 24.7. The van der Waals surface area contributed by atoms with Gasteiger partial charge in [-0.2, -0.15) is 0 Å². The van der Waals surface area contributed by atoms with Gasteiger partial charge in [0.1, 0.15) is 0 Å². The maximum atomic E-state index is 5.97. The molecule has 2 aromatic heterocycles. The molecule has 9 rings (SSSR count). The zero-order valence-electron chi connectivity index (χ0n) is 27.6. The highest BCUT2D eigenvalue weighted by Gasteiger charge is 2.23. The first kappa shape index (κ1) is 29.7. The Morgan fingerprint density at radius 2 is 1.08 bits per heavy atom. The molecule has 0 aliphatic heterocycles. The molecule has 0 amide bonds. The van der Waals surface area contributed by atoms with Crippen LogP contribution < -0.4 is 4.90 Å². The van der Waals surface area contributed by atoms with Crippen LogP contribution in [0.5, 0.6) is 0 Å². The quantitative estimate of drug-likeness (QED) is 0.173. The zero-order chi connectivity index (χ0) is 33.4. The summed E-state index contributed by atoms with van der Waals surface area (Å²) in [6, 6.07) is 55.1. The molecule has 0 radical (unpaired) electrons. The first-order valence-corrected chi connectivity index (χ1v) is 17.1. The van der Waals surface area contributed by atoms with E-state index >= 15 is 0 Å². The van der Waals surface area contributed by atoms with E-state index in [2.05, 4.69) is 154 Å². The molecular weight excluding hydrogens is 613 g/mol. The Labute approximate surface area is 291 Å². The Bertz CT molecular complexity index is 2440. The summed E-state index contributed by atoms with van der Waals surface area (Å²) in [5.74, 6) is 1.52. The minimum Gasteiger partial charge on any atom is -0.416 e. The van der Waals surface area contributed by atoms with Crippen molar-refractivity contribution in [1.29, 1.82) is 0 Å². The van der Waals surface area contributed by atoms with Crippen molar-refractivity contribution < 1.29 is 4.42 Å². The van der Waals surface area contributed by atoms with Crippen molar-refractivity contribution >= 4 is 34.0 Å². The van der Waals surface area contributed by atoms with Gasteiger partial charge in [-0.05, 0) is 114 Å². The normalized spacial score (nSPS) is 13.7. The van der Waals surface area contributed by atoms with Crippen LogP contribution in [0.4, 0.5) is 17.1 Å². The van der Waals surface area contributed by atoms with Crippen LogP contribution in [0, 0.1) is 0 Å². The van der Waals surface area contributed by atoms with Gasteiger partial charge in [0.2, 0.25) is 11.8 Å². The Balaban J connectivity index is 1.02. The number of benzene rings is 6. The molecule has 6 aromatic carbocycles. The highest BCUT2D eigenvalue weighted by atomic mass is 16.4. The molecule has 5 heteroatoms. The van der Waals surface area contributed by atoms with E-state index in [1.165, 1.54) is 22.2 Å². The predicted molar refractivity (Wildman–Crippen MR) is 204 cm³/mol. The Hall–Kier alpha value is -6.46. The van der Waals surface area contributed by atoms with E-state index in [0.717, 1.165) is 51.4 Å². The van der Waals surface area contributed by atoms with Crippen molar-refractivity contribution in [3.8, 4) is 39.7 Å². The number of allylic oxidation sites excluding steroid dienone is 1. The van der Waals surface area contributed by atoms with Gasteiger partial charge in [0, 0.05) is 45.0 Å². The van der Waals surface area contributed by atoms with Gasteiger partial charge in [-0.1, -0.05) is 91.9 Å². The van der Waals surface area contributed by atoms with Gasteiger partial charge in [-0.25, -0.2) is 0 Å². The molecule has 8 aromatic rings. The third-order valence-corrected chi connectivity index (χ3v) is 9.63. The lowest BCUT2D eigenvalue weighted by Gasteiger charge is -2.26. The number of fused-ring (bicyclic) bond motifs is 3. The van der Waals surface area contributed by atoms with Gasteiger partial charge >= 0.3 is 0 Å². The Morgan fingerprint density at radius 1 is 0.560 bits per heavy atom. The van der Waals surface area contributed by atoms with Gasteiger partial charge in [0.05, 0.1) is 5.52 Å². The van der Waals surface area contributed by atoms with Gasteiger partial charge in [0.25, 0.3) is 0 Å². The smallest absolute Gasteiger partial charge is 0.248 e. The van der Waals surface area contributed by atoms with Gasteiger partial charge in [-0.3, -0.25) is 0 Å². The number of hydrogen-bond donors (Lipinski definition) is 0. The standard InChI is InChI=1S/C45H34N4O/c1-31-11-10-18-42-43(31)40-16-8-9-17-41(40)49(42)39-29-27-38(28-30-39)48(36-14-6-3-7-15-36)37-25-23-33(24-26-37)32-19-21-35(22-20-32)45-47-46-44(50-45)34-12-4-2-5-13-34/h2-10,12-31H,11H2,1H3. The monoisotopic (exact) mass is 646 g/mol. The molecule has 0 fully saturated rings. The first-order valence-electron chi connectivity index (χ1n) is 17.1. The van der Waals surface area contributed by atoms with Crippen molar-refractivity contribution in [2.45, 2.75) is 19.3 Å². The number of para-hydroxylation sites is 2. The topological polar surface area (TPSA) is 47.1 Å². The molecule has 1 aliphatic carbocycles.